The average Bonchev–Trinajstić information content (AvgIpc) is 2.35. The van der Waals surface area contributed by atoms with Crippen LogP contribution in [0.1, 0.15) is 18.9 Å². The van der Waals surface area contributed by atoms with Crippen molar-refractivity contribution in [3.63, 3.8) is 0 Å². The van der Waals surface area contributed by atoms with Crippen LogP contribution in [0.4, 0.5) is 0 Å². The Bertz CT molecular complexity index is 387. The maximum absolute atomic E-state index is 11.4. The SMILES string of the molecule is COC(=O)[C@H]1C[C@](O)(c2ccccc2)[C@@H]1C. The average molecular weight is 220 g/mol. The molecular weight excluding hydrogens is 204 g/mol. The van der Waals surface area contributed by atoms with Gasteiger partial charge in [-0.25, -0.2) is 0 Å². The van der Waals surface area contributed by atoms with Crippen molar-refractivity contribution in [1.29, 1.82) is 0 Å². The molecule has 1 N–H and O–H groups in total. The molecular formula is C13H16O3. The van der Waals surface area contributed by atoms with Crippen LogP contribution in [0.25, 0.3) is 0 Å². The zero-order valence-corrected chi connectivity index (χ0v) is 9.51. The fourth-order valence-corrected chi connectivity index (χ4v) is 2.42. The number of carbonyl (C=O) groups is 1. The van der Waals surface area contributed by atoms with Crippen LogP contribution in [0.3, 0.4) is 0 Å². The van der Waals surface area contributed by atoms with Gasteiger partial charge in [-0.1, -0.05) is 37.3 Å². The zero-order chi connectivity index (χ0) is 11.8. The van der Waals surface area contributed by atoms with E-state index in [1.54, 1.807) is 0 Å². The molecule has 1 aliphatic carbocycles. The summed E-state index contributed by atoms with van der Waals surface area (Å²) in [5, 5.41) is 10.5. The molecule has 1 aromatic rings. The Labute approximate surface area is 95.0 Å². The molecule has 0 aromatic heterocycles. The highest BCUT2D eigenvalue weighted by atomic mass is 16.5. The number of aliphatic hydroxyl groups is 1. The second-order valence-corrected chi connectivity index (χ2v) is 4.41. The van der Waals surface area contributed by atoms with E-state index in [4.69, 9.17) is 4.74 Å². The highest BCUT2D eigenvalue weighted by Gasteiger charge is 2.54. The summed E-state index contributed by atoms with van der Waals surface area (Å²) in [6, 6.07) is 9.49. The monoisotopic (exact) mass is 220 g/mol. The molecule has 16 heavy (non-hydrogen) atoms. The normalized spacial score (nSPS) is 32.9. The molecule has 3 nitrogen and oxygen atoms in total. The van der Waals surface area contributed by atoms with E-state index in [1.165, 1.54) is 7.11 Å². The maximum atomic E-state index is 11.4. The molecule has 0 unspecified atom stereocenters. The first-order valence-electron chi connectivity index (χ1n) is 5.45. The molecule has 0 aliphatic heterocycles. The van der Waals surface area contributed by atoms with Crippen molar-refractivity contribution in [1.82, 2.24) is 0 Å². The molecule has 1 aromatic carbocycles. The molecule has 1 aliphatic rings. The second-order valence-electron chi connectivity index (χ2n) is 4.41. The molecule has 0 radical (unpaired) electrons. The number of carbonyl (C=O) groups excluding carboxylic acids is 1. The van der Waals surface area contributed by atoms with Crippen molar-refractivity contribution in [2.75, 3.05) is 7.11 Å². The predicted octanol–water partition coefficient (Wildman–Crippen LogP) is 1.70. The van der Waals surface area contributed by atoms with Gasteiger partial charge >= 0.3 is 5.97 Å². The van der Waals surface area contributed by atoms with Gasteiger partial charge in [0.25, 0.3) is 0 Å². The van der Waals surface area contributed by atoms with Gasteiger partial charge in [-0.2, -0.15) is 0 Å². The number of esters is 1. The van der Waals surface area contributed by atoms with Gasteiger partial charge in [-0.15, -0.1) is 0 Å². The van der Waals surface area contributed by atoms with Gasteiger partial charge in [0.1, 0.15) is 0 Å². The molecule has 86 valence electrons. The third-order valence-electron chi connectivity index (χ3n) is 3.67. The standard InChI is InChI=1S/C13H16O3/c1-9-11(12(14)16-2)8-13(9,15)10-6-4-3-5-7-10/h3-7,9,11,15H,8H2,1-2H3/t9-,11+,13-/m1/s1. The van der Waals surface area contributed by atoms with Crippen LogP contribution in [0.15, 0.2) is 30.3 Å². The van der Waals surface area contributed by atoms with Gasteiger partial charge in [0.05, 0.1) is 18.6 Å². The van der Waals surface area contributed by atoms with E-state index in [0.717, 1.165) is 5.56 Å². The Balaban J connectivity index is 2.17. The summed E-state index contributed by atoms with van der Waals surface area (Å²) in [6.45, 7) is 1.89. The van der Waals surface area contributed by atoms with Crippen molar-refractivity contribution in [3.05, 3.63) is 35.9 Å². The fourth-order valence-electron chi connectivity index (χ4n) is 2.42. The molecule has 1 fully saturated rings. The van der Waals surface area contributed by atoms with Crippen molar-refractivity contribution in [2.45, 2.75) is 18.9 Å². The highest BCUT2D eigenvalue weighted by Crippen LogP contribution is 2.50. The Morgan fingerprint density at radius 2 is 2.06 bits per heavy atom. The van der Waals surface area contributed by atoms with Crippen LogP contribution >= 0.6 is 0 Å². The zero-order valence-electron chi connectivity index (χ0n) is 9.51. The van der Waals surface area contributed by atoms with Crippen LogP contribution in [0.2, 0.25) is 0 Å². The molecule has 2 rings (SSSR count). The van der Waals surface area contributed by atoms with E-state index in [-0.39, 0.29) is 17.8 Å². The summed E-state index contributed by atoms with van der Waals surface area (Å²) >= 11 is 0. The Kier molecular flexibility index (Phi) is 2.72. The molecule has 0 bridgehead atoms. The lowest BCUT2D eigenvalue weighted by Gasteiger charge is -2.49. The minimum atomic E-state index is -0.875. The maximum Gasteiger partial charge on any atom is 0.309 e. The first-order valence-corrected chi connectivity index (χ1v) is 5.45. The van der Waals surface area contributed by atoms with Gasteiger partial charge in [0.15, 0.2) is 0 Å². The van der Waals surface area contributed by atoms with Crippen molar-refractivity contribution >= 4 is 5.97 Å². The summed E-state index contributed by atoms with van der Waals surface area (Å²) in [5.41, 5.74) is 0.00257. The lowest BCUT2D eigenvalue weighted by Crippen LogP contribution is -2.53. The van der Waals surface area contributed by atoms with Gasteiger partial charge in [-0.05, 0) is 12.0 Å². The van der Waals surface area contributed by atoms with Crippen LogP contribution in [-0.4, -0.2) is 18.2 Å². The molecule has 1 saturated carbocycles. The van der Waals surface area contributed by atoms with Gasteiger partial charge < -0.3 is 9.84 Å². The molecule has 0 spiro atoms. The number of hydrogen-bond acceptors (Lipinski definition) is 3. The fraction of sp³-hybridized carbons (Fsp3) is 0.462. The quantitative estimate of drug-likeness (QED) is 0.772. The predicted molar refractivity (Wildman–Crippen MR) is 59.6 cm³/mol. The number of hydrogen-bond donors (Lipinski definition) is 1. The first kappa shape index (κ1) is 11.1. The number of ether oxygens (including phenoxy) is 1. The molecule has 0 heterocycles. The number of benzene rings is 1. The minimum absolute atomic E-state index is 0.0950. The van der Waals surface area contributed by atoms with Gasteiger partial charge in [0.2, 0.25) is 0 Å². The van der Waals surface area contributed by atoms with E-state index >= 15 is 0 Å². The lowest BCUT2D eigenvalue weighted by atomic mass is 9.59. The number of rotatable bonds is 2. The van der Waals surface area contributed by atoms with Gasteiger partial charge in [-0.3, -0.25) is 4.79 Å². The molecule has 0 amide bonds. The van der Waals surface area contributed by atoms with Crippen LogP contribution < -0.4 is 0 Å². The summed E-state index contributed by atoms with van der Waals surface area (Å²) in [6.07, 6.45) is 0.449. The highest BCUT2D eigenvalue weighted by molar-refractivity contribution is 5.74. The summed E-state index contributed by atoms with van der Waals surface area (Å²) in [4.78, 5) is 11.4. The molecule has 0 saturated heterocycles. The van der Waals surface area contributed by atoms with E-state index in [2.05, 4.69) is 0 Å². The largest absolute Gasteiger partial charge is 0.469 e. The van der Waals surface area contributed by atoms with Crippen LogP contribution in [-0.2, 0) is 15.1 Å². The van der Waals surface area contributed by atoms with E-state index < -0.39 is 5.60 Å². The van der Waals surface area contributed by atoms with Crippen molar-refractivity contribution < 1.29 is 14.6 Å². The van der Waals surface area contributed by atoms with Crippen molar-refractivity contribution in [2.24, 2.45) is 11.8 Å². The lowest BCUT2D eigenvalue weighted by molar-refractivity contribution is -0.180. The Morgan fingerprint density at radius 3 is 2.56 bits per heavy atom. The van der Waals surface area contributed by atoms with E-state index in [1.807, 2.05) is 37.3 Å². The summed E-state index contributed by atoms with van der Waals surface area (Å²) in [5.74, 6) is -0.509. The second kappa shape index (κ2) is 3.91. The third-order valence-corrected chi connectivity index (χ3v) is 3.67. The smallest absolute Gasteiger partial charge is 0.309 e. The Morgan fingerprint density at radius 1 is 1.44 bits per heavy atom. The molecule has 3 atom stereocenters. The van der Waals surface area contributed by atoms with E-state index in [9.17, 15) is 9.90 Å². The van der Waals surface area contributed by atoms with Gasteiger partial charge in [0, 0.05) is 5.92 Å². The minimum Gasteiger partial charge on any atom is -0.469 e. The van der Waals surface area contributed by atoms with Crippen LogP contribution in [0.5, 0.6) is 0 Å². The first-order chi connectivity index (χ1) is 7.59. The third kappa shape index (κ3) is 1.52. The number of methoxy groups -OCH3 is 1. The van der Waals surface area contributed by atoms with E-state index in [0.29, 0.717) is 6.42 Å². The van der Waals surface area contributed by atoms with Crippen molar-refractivity contribution in [3.8, 4) is 0 Å². The summed E-state index contributed by atoms with van der Waals surface area (Å²) in [7, 11) is 1.38. The summed E-state index contributed by atoms with van der Waals surface area (Å²) < 4.78 is 4.70. The topological polar surface area (TPSA) is 46.5 Å². The van der Waals surface area contributed by atoms with Crippen LogP contribution in [0, 0.1) is 11.8 Å². The molecule has 3 heteroatoms. The Hall–Kier alpha value is -1.35.